The van der Waals surface area contributed by atoms with Crippen LogP contribution in [0.4, 0.5) is 0 Å². The van der Waals surface area contributed by atoms with Crippen molar-refractivity contribution in [2.24, 2.45) is 11.3 Å². The van der Waals surface area contributed by atoms with Crippen molar-refractivity contribution >= 4 is 11.6 Å². The van der Waals surface area contributed by atoms with Crippen LogP contribution in [-0.2, 0) is 6.54 Å². The van der Waals surface area contributed by atoms with Crippen LogP contribution in [0.2, 0.25) is 5.02 Å². The van der Waals surface area contributed by atoms with Crippen molar-refractivity contribution in [2.45, 2.75) is 33.7 Å². The van der Waals surface area contributed by atoms with E-state index in [0.29, 0.717) is 16.2 Å². The average Bonchev–Trinajstić information content (AvgIpc) is 2.71. The molecular formula is C15H22ClNO. The summed E-state index contributed by atoms with van der Waals surface area (Å²) in [4.78, 5) is 2.40. The topological polar surface area (TPSA) is 23.5 Å². The van der Waals surface area contributed by atoms with Crippen molar-refractivity contribution in [3.8, 4) is 5.75 Å². The van der Waals surface area contributed by atoms with Gasteiger partial charge >= 0.3 is 0 Å². The summed E-state index contributed by atoms with van der Waals surface area (Å²) in [5.74, 6) is 1.08. The van der Waals surface area contributed by atoms with E-state index < -0.39 is 0 Å². The van der Waals surface area contributed by atoms with Gasteiger partial charge in [0.2, 0.25) is 0 Å². The van der Waals surface area contributed by atoms with Crippen LogP contribution in [0.15, 0.2) is 18.2 Å². The predicted octanol–water partition coefficient (Wildman–Crippen LogP) is 3.91. The first-order valence-corrected chi connectivity index (χ1v) is 6.94. The fourth-order valence-corrected chi connectivity index (χ4v) is 2.80. The minimum atomic E-state index is 0.346. The Bertz CT molecular complexity index is 425. The van der Waals surface area contributed by atoms with E-state index in [1.165, 1.54) is 6.42 Å². The highest BCUT2D eigenvalue weighted by atomic mass is 35.5. The van der Waals surface area contributed by atoms with Gasteiger partial charge in [0.15, 0.2) is 0 Å². The standard InChI is InChI=1S/C15H22ClNO/c1-15(2,3)12-6-7-17(10-12)9-11-8-13(16)4-5-14(11)18/h4-5,8,12,18H,6-7,9-10H2,1-3H3. The number of rotatable bonds is 2. The van der Waals surface area contributed by atoms with Gasteiger partial charge in [-0.25, -0.2) is 0 Å². The zero-order chi connectivity index (χ0) is 13.3. The Labute approximate surface area is 115 Å². The Morgan fingerprint density at radius 3 is 2.72 bits per heavy atom. The number of hydrogen-bond donors (Lipinski definition) is 1. The van der Waals surface area contributed by atoms with Crippen LogP contribution in [0.3, 0.4) is 0 Å². The van der Waals surface area contributed by atoms with Gasteiger partial charge < -0.3 is 5.11 Å². The summed E-state index contributed by atoms with van der Waals surface area (Å²) in [7, 11) is 0. The van der Waals surface area contributed by atoms with Crippen LogP contribution in [0, 0.1) is 11.3 Å². The maximum Gasteiger partial charge on any atom is 0.120 e. The molecule has 1 saturated heterocycles. The van der Waals surface area contributed by atoms with Crippen molar-refractivity contribution in [2.75, 3.05) is 13.1 Å². The van der Waals surface area contributed by atoms with Gasteiger partial charge in [-0.2, -0.15) is 0 Å². The van der Waals surface area contributed by atoms with Crippen molar-refractivity contribution < 1.29 is 5.11 Å². The number of aromatic hydroxyl groups is 1. The van der Waals surface area contributed by atoms with Gasteiger partial charge in [0.1, 0.15) is 5.75 Å². The molecule has 0 bridgehead atoms. The predicted molar refractivity (Wildman–Crippen MR) is 76.0 cm³/mol. The van der Waals surface area contributed by atoms with Crippen LogP contribution in [0.5, 0.6) is 5.75 Å². The normalized spacial score (nSPS) is 21.4. The molecule has 1 aromatic carbocycles. The highest BCUT2D eigenvalue weighted by Crippen LogP contribution is 2.34. The fraction of sp³-hybridized carbons (Fsp3) is 0.600. The molecule has 0 amide bonds. The lowest BCUT2D eigenvalue weighted by Crippen LogP contribution is -2.25. The number of benzene rings is 1. The molecule has 1 heterocycles. The molecule has 2 rings (SSSR count). The summed E-state index contributed by atoms with van der Waals surface area (Å²) in [6.45, 7) is 9.91. The molecule has 1 fully saturated rings. The second kappa shape index (κ2) is 5.10. The van der Waals surface area contributed by atoms with Crippen molar-refractivity contribution in [3.63, 3.8) is 0 Å². The summed E-state index contributed by atoms with van der Waals surface area (Å²) in [5.41, 5.74) is 1.29. The Kier molecular flexibility index (Phi) is 3.88. The van der Waals surface area contributed by atoms with Crippen molar-refractivity contribution in [3.05, 3.63) is 28.8 Å². The van der Waals surface area contributed by atoms with Gasteiger partial charge in [-0.1, -0.05) is 32.4 Å². The summed E-state index contributed by atoms with van der Waals surface area (Å²) in [5, 5.41) is 10.5. The zero-order valence-electron chi connectivity index (χ0n) is 11.4. The molecule has 1 atom stereocenters. The van der Waals surface area contributed by atoms with Crippen molar-refractivity contribution in [1.82, 2.24) is 4.90 Å². The summed E-state index contributed by atoms with van der Waals surface area (Å²) in [6.07, 6.45) is 1.24. The molecule has 0 spiro atoms. The highest BCUT2D eigenvalue weighted by Gasteiger charge is 2.31. The third kappa shape index (κ3) is 3.18. The maximum absolute atomic E-state index is 9.84. The molecule has 18 heavy (non-hydrogen) atoms. The van der Waals surface area contributed by atoms with E-state index in [-0.39, 0.29) is 0 Å². The zero-order valence-corrected chi connectivity index (χ0v) is 12.2. The lowest BCUT2D eigenvalue weighted by Gasteiger charge is -2.27. The van der Waals surface area contributed by atoms with E-state index in [0.717, 1.165) is 31.1 Å². The van der Waals surface area contributed by atoms with E-state index in [9.17, 15) is 5.11 Å². The number of halogens is 1. The van der Waals surface area contributed by atoms with Crippen LogP contribution in [-0.4, -0.2) is 23.1 Å². The van der Waals surface area contributed by atoms with Gasteiger partial charge in [-0.3, -0.25) is 4.90 Å². The van der Waals surface area contributed by atoms with Crippen LogP contribution < -0.4 is 0 Å². The first-order valence-electron chi connectivity index (χ1n) is 6.56. The second-order valence-electron chi connectivity index (χ2n) is 6.36. The van der Waals surface area contributed by atoms with E-state index >= 15 is 0 Å². The van der Waals surface area contributed by atoms with Crippen LogP contribution in [0.25, 0.3) is 0 Å². The minimum absolute atomic E-state index is 0.346. The lowest BCUT2D eigenvalue weighted by molar-refractivity contribution is 0.225. The summed E-state index contributed by atoms with van der Waals surface area (Å²) < 4.78 is 0. The van der Waals surface area contributed by atoms with E-state index in [4.69, 9.17) is 11.6 Å². The van der Waals surface area contributed by atoms with Crippen molar-refractivity contribution in [1.29, 1.82) is 0 Å². The van der Waals surface area contributed by atoms with Gasteiger partial charge in [0.05, 0.1) is 0 Å². The Hall–Kier alpha value is -0.730. The summed E-state index contributed by atoms with van der Waals surface area (Å²) >= 11 is 5.97. The summed E-state index contributed by atoms with van der Waals surface area (Å²) in [6, 6.07) is 5.26. The molecule has 0 aromatic heterocycles. The van der Waals surface area contributed by atoms with E-state index in [1.54, 1.807) is 12.1 Å². The largest absolute Gasteiger partial charge is 0.508 e. The molecule has 1 unspecified atom stereocenters. The minimum Gasteiger partial charge on any atom is -0.508 e. The fourth-order valence-electron chi connectivity index (χ4n) is 2.60. The number of phenolic OH excluding ortho intramolecular Hbond substituents is 1. The molecule has 0 aliphatic carbocycles. The number of nitrogens with zero attached hydrogens (tertiary/aromatic N) is 1. The van der Waals surface area contributed by atoms with E-state index in [2.05, 4.69) is 25.7 Å². The third-order valence-corrected chi connectivity index (χ3v) is 4.17. The second-order valence-corrected chi connectivity index (χ2v) is 6.80. The van der Waals surface area contributed by atoms with Gasteiger partial charge in [0.25, 0.3) is 0 Å². The van der Waals surface area contributed by atoms with Gasteiger partial charge in [0, 0.05) is 23.7 Å². The Morgan fingerprint density at radius 2 is 2.11 bits per heavy atom. The maximum atomic E-state index is 9.84. The molecule has 1 N–H and O–H groups in total. The third-order valence-electron chi connectivity index (χ3n) is 3.93. The first kappa shape index (κ1) is 13.7. The molecule has 0 saturated carbocycles. The molecule has 3 heteroatoms. The molecule has 2 nitrogen and oxygen atoms in total. The lowest BCUT2D eigenvalue weighted by atomic mass is 9.80. The van der Waals surface area contributed by atoms with E-state index in [1.807, 2.05) is 6.07 Å². The number of likely N-dealkylation sites (tertiary alicyclic amines) is 1. The van der Waals surface area contributed by atoms with Gasteiger partial charge in [-0.05, 0) is 42.5 Å². The average molecular weight is 268 g/mol. The van der Waals surface area contributed by atoms with Crippen LogP contribution >= 0.6 is 11.6 Å². The molecule has 1 aromatic rings. The Balaban J connectivity index is 2.01. The quantitative estimate of drug-likeness (QED) is 0.878. The Morgan fingerprint density at radius 1 is 1.39 bits per heavy atom. The smallest absolute Gasteiger partial charge is 0.120 e. The molecular weight excluding hydrogens is 246 g/mol. The number of phenols is 1. The molecule has 100 valence electrons. The molecule has 1 aliphatic rings. The van der Waals surface area contributed by atoms with Crippen LogP contribution in [0.1, 0.15) is 32.8 Å². The number of hydrogen-bond acceptors (Lipinski definition) is 2. The first-order chi connectivity index (χ1) is 8.36. The van der Waals surface area contributed by atoms with Gasteiger partial charge in [-0.15, -0.1) is 0 Å². The molecule has 1 aliphatic heterocycles. The molecule has 0 radical (unpaired) electrons. The monoisotopic (exact) mass is 267 g/mol. The SMILES string of the molecule is CC(C)(C)C1CCN(Cc2cc(Cl)ccc2O)C1. The highest BCUT2D eigenvalue weighted by molar-refractivity contribution is 6.30.